The highest BCUT2D eigenvalue weighted by molar-refractivity contribution is 4.17. The minimum absolute atomic E-state index is 0.765. The Hall–Kier alpha value is -0.800. The van der Waals surface area contributed by atoms with Crippen molar-refractivity contribution in [2.45, 2.75) is 6.92 Å². The molecule has 36 valence electrons. The Bertz CT molecular complexity index is 40.8. The molecule has 0 aliphatic rings. The van der Waals surface area contributed by atoms with Crippen molar-refractivity contribution < 1.29 is 0 Å². The van der Waals surface area contributed by atoms with Crippen LogP contribution in [0.3, 0.4) is 0 Å². The van der Waals surface area contributed by atoms with Crippen LogP contribution in [-0.4, -0.2) is 6.54 Å². The van der Waals surface area contributed by atoms with Gasteiger partial charge in [-0.15, -0.1) is 0 Å². The quantitative estimate of drug-likeness (QED) is 0.280. The van der Waals surface area contributed by atoms with E-state index in [4.69, 9.17) is 0 Å². The molecule has 0 amide bonds. The third-order valence-electron chi connectivity index (χ3n) is 0.287. The predicted molar refractivity (Wildman–Crippen MR) is 22.7 cm³/mol. The molecule has 0 spiro atoms. The molecule has 0 radical (unpaired) electrons. The van der Waals surface area contributed by atoms with E-state index in [0.717, 1.165) is 6.54 Å². The van der Waals surface area contributed by atoms with Gasteiger partial charge in [0.15, 0.2) is 0 Å². The second kappa shape index (κ2) is 4.20. The van der Waals surface area contributed by atoms with Crippen molar-refractivity contribution in [3.05, 3.63) is 0 Å². The molecule has 4 heteroatoms. The normalized spacial score (nSPS) is 9.50. The maximum absolute atomic E-state index is 4.61. The van der Waals surface area contributed by atoms with Crippen molar-refractivity contribution in [1.29, 1.82) is 0 Å². The zero-order valence-corrected chi connectivity index (χ0v) is 3.68. The average Bonchev–Trinajstić information content (AvgIpc) is 1.61. The summed E-state index contributed by atoms with van der Waals surface area (Å²) < 4.78 is 0. The molecule has 3 N–H and O–H groups in total. The van der Waals surface area contributed by atoms with Crippen LogP contribution in [0.4, 0.5) is 0 Å². The molecule has 0 saturated carbocycles. The van der Waals surface area contributed by atoms with Gasteiger partial charge in [0.1, 0.15) is 0 Å². The van der Waals surface area contributed by atoms with E-state index < -0.39 is 0 Å². The van der Waals surface area contributed by atoms with E-state index in [1.54, 1.807) is 0 Å². The van der Waals surface area contributed by atoms with Crippen molar-refractivity contribution in [2.24, 2.45) is 16.3 Å². The van der Waals surface area contributed by atoms with Crippen molar-refractivity contribution in [3.63, 3.8) is 0 Å². The summed E-state index contributed by atoms with van der Waals surface area (Å²) in [7, 11) is 0. The van der Waals surface area contributed by atoms with Gasteiger partial charge in [0.2, 0.25) is 0 Å². The lowest BCUT2D eigenvalue weighted by molar-refractivity contribution is 0.707. The largest absolute Gasteiger partial charge is 0.303 e. The van der Waals surface area contributed by atoms with Gasteiger partial charge in [-0.25, -0.2) is 0 Å². The van der Waals surface area contributed by atoms with Crippen molar-refractivity contribution in [3.8, 4) is 0 Å². The van der Waals surface area contributed by atoms with Gasteiger partial charge in [-0.1, -0.05) is 10.4 Å². The fraction of sp³-hybridized carbons (Fsp3) is 1.00. The molecule has 0 fully saturated rings. The van der Waals surface area contributed by atoms with E-state index in [2.05, 4.69) is 21.7 Å². The first-order valence-electron chi connectivity index (χ1n) is 1.74. The summed E-state index contributed by atoms with van der Waals surface area (Å²) in [6, 6.07) is 0. The standard InChI is InChI=1S/C2H8N4/c1-2-4-6-5-3/h2H2,1H3,(H2,3,6)(H,4,5). The summed E-state index contributed by atoms with van der Waals surface area (Å²) in [5, 5.41) is 6.18. The zero-order valence-electron chi connectivity index (χ0n) is 3.68. The van der Waals surface area contributed by atoms with Gasteiger partial charge >= 0.3 is 0 Å². The molecule has 0 heterocycles. The third-order valence-corrected chi connectivity index (χ3v) is 0.287. The fourth-order valence-corrected chi connectivity index (χ4v) is 0.112. The number of nitrogens with zero attached hydrogens (tertiary/aromatic N) is 2. The smallest absolute Gasteiger partial charge is 0.0318 e. The van der Waals surface area contributed by atoms with Gasteiger partial charge < -0.3 is 5.84 Å². The van der Waals surface area contributed by atoms with Crippen LogP contribution >= 0.6 is 0 Å². The van der Waals surface area contributed by atoms with Crippen LogP contribution in [-0.2, 0) is 0 Å². The Morgan fingerprint density at radius 2 is 2.50 bits per heavy atom. The van der Waals surface area contributed by atoms with Gasteiger partial charge in [-0.2, -0.15) is 0 Å². The molecule has 0 aliphatic heterocycles. The minimum Gasteiger partial charge on any atom is -0.303 e. The first-order chi connectivity index (χ1) is 2.91. The van der Waals surface area contributed by atoms with Crippen LogP contribution in [0, 0.1) is 0 Å². The lowest BCUT2D eigenvalue weighted by Gasteiger charge is -1.82. The first kappa shape index (κ1) is 5.20. The van der Waals surface area contributed by atoms with E-state index in [-0.39, 0.29) is 0 Å². The Kier molecular flexibility index (Phi) is 3.64. The van der Waals surface area contributed by atoms with Gasteiger partial charge in [0, 0.05) is 6.54 Å². The van der Waals surface area contributed by atoms with E-state index >= 15 is 0 Å². The van der Waals surface area contributed by atoms with Crippen LogP contribution < -0.4 is 11.3 Å². The molecule has 0 atom stereocenters. The Morgan fingerprint density at radius 3 is 2.67 bits per heavy atom. The van der Waals surface area contributed by atoms with Crippen molar-refractivity contribution in [2.75, 3.05) is 6.54 Å². The van der Waals surface area contributed by atoms with Crippen LogP contribution in [0.2, 0.25) is 0 Å². The molecular formula is C2H8N4. The molecule has 0 aromatic rings. The molecule has 0 unspecified atom stereocenters. The van der Waals surface area contributed by atoms with Gasteiger partial charge in [-0.3, -0.25) is 5.43 Å². The highest BCUT2D eigenvalue weighted by atomic mass is 15.5. The number of rotatable bonds is 2. The molecule has 0 rings (SSSR count). The molecule has 0 aromatic heterocycles. The number of hydrogen-bond donors (Lipinski definition) is 2. The van der Waals surface area contributed by atoms with E-state index in [1.807, 2.05) is 6.92 Å². The van der Waals surface area contributed by atoms with E-state index in [1.165, 1.54) is 0 Å². The Balaban J connectivity index is 2.66. The zero-order chi connectivity index (χ0) is 4.83. The summed E-state index contributed by atoms with van der Waals surface area (Å²) in [5.74, 6) is 4.61. The number of nitrogens with two attached hydrogens (primary N) is 1. The molecule has 0 aromatic carbocycles. The second-order valence-electron chi connectivity index (χ2n) is 0.727. The fourth-order valence-electron chi connectivity index (χ4n) is 0.112. The minimum atomic E-state index is 0.765. The highest BCUT2D eigenvalue weighted by Gasteiger charge is 1.59. The van der Waals surface area contributed by atoms with Crippen LogP contribution in [0.1, 0.15) is 6.92 Å². The average molecular weight is 88.1 g/mol. The van der Waals surface area contributed by atoms with Crippen LogP contribution in [0.15, 0.2) is 10.4 Å². The summed E-state index contributed by atoms with van der Waals surface area (Å²) >= 11 is 0. The lowest BCUT2D eigenvalue weighted by Crippen LogP contribution is -2.01. The van der Waals surface area contributed by atoms with Crippen LogP contribution in [0.25, 0.3) is 0 Å². The molecule has 0 saturated heterocycles. The lowest BCUT2D eigenvalue weighted by atomic mass is 10.8. The van der Waals surface area contributed by atoms with Crippen molar-refractivity contribution >= 4 is 0 Å². The molecule has 4 nitrogen and oxygen atoms in total. The SMILES string of the molecule is CCNN=NN. The van der Waals surface area contributed by atoms with Crippen LogP contribution in [0.5, 0.6) is 0 Å². The number of nitrogens with one attached hydrogen (secondary N) is 1. The number of hydrogen-bond acceptors (Lipinski definition) is 2. The highest BCUT2D eigenvalue weighted by Crippen LogP contribution is 1.53. The Labute approximate surface area is 36.4 Å². The Morgan fingerprint density at radius 1 is 1.83 bits per heavy atom. The molecule has 6 heavy (non-hydrogen) atoms. The van der Waals surface area contributed by atoms with Gasteiger partial charge in [-0.05, 0) is 6.92 Å². The summed E-state index contributed by atoms with van der Waals surface area (Å²) in [5.41, 5.74) is 2.53. The monoisotopic (exact) mass is 88.1 g/mol. The summed E-state index contributed by atoms with van der Waals surface area (Å²) in [4.78, 5) is 0. The van der Waals surface area contributed by atoms with Gasteiger partial charge in [0.25, 0.3) is 0 Å². The van der Waals surface area contributed by atoms with Gasteiger partial charge in [0.05, 0.1) is 0 Å². The maximum atomic E-state index is 4.61. The molecule has 0 bridgehead atoms. The molecular weight excluding hydrogens is 80.0 g/mol. The van der Waals surface area contributed by atoms with E-state index in [0.29, 0.717) is 0 Å². The van der Waals surface area contributed by atoms with Crippen molar-refractivity contribution in [1.82, 2.24) is 5.43 Å². The topological polar surface area (TPSA) is 62.8 Å². The molecule has 0 aliphatic carbocycles. The van der Waals surface area contributed by atoms with E-state index in [9.17, 15) is 0 Å². The third kappa shape index (κ3) is 3.20. The maximum Gasteiger partial charge on any atom is 0.0318 e. The first-order valence-corrected chi connectivity index (χ1v) is 1.74. The summed E-state index contributed by atoms with van der Waals surface area (Å²) in [6.07, 6.45) is 0. The second-order valence-corrected chi connectivity index (χ2v) is 0.727. The predicted octanol–water partition coefficient (Wildman–Crippen LogP) is -0.163. The summed E-state index contributed by atoms with van der Waals surface area (Å²) in [6.45, 7) is 2.68.